The van der Waals surface area contributed by atoms with Gasteiger partial charge in [0.2, 0.25) is 5.92 Å². The number of hydrogen-bond acceptors (Lipinski definition) is 7. The van der Waals surface area contributed by atoms with E-state index in [1.165, 1.54) is 11.0 Å². The van der Waals surface area contributed by atoms with Crippen molar-refractivity contribution in [2.75, 3.05) is 23.3 Å². The van der Waals surface area contributed by atoms with E-state index in [0.717, 1.165) is 18.3 Å². The number of carbonyl (C=O) groups is 1. The van der Waals surface area contributed by atoms with Crippen LogP contribution in [0.15, 0.2) is 35.5 Å². The molecule has 2 aromatic heterocycles. The number of alkyl halides is 5. The summed E-state index contributed by atoms with van der Waals surface area (Å²) in [4.78, 5) is 26.5. The number of aromatic nitrogens is 3. The highest BCUT2D eigenvalue weighted by molar-refractivity contribution is 7.89. The van der Waals surface area contributed by atoms with E-state index in [1.54, 1.807) is 0 Å². The Kier molecular flexibility index (Phi) is 6.98. The molecular weight excluding hydrogens is 547 g/mol. The molecule has 1 aromatic carbocycles. The van der Waals surface area contributed by atoms with Gasteiger partial charge in [0.05, 0.1) is 21.6 Å². The fourth-order valence-corrected chi connectivity index (χ4v) is 4.53. The first-order chi connectivity index (χ1) is 17.1. The third kappa shape index (κ3) is 6.05. The molecule has 0 bridgehead atoms. The Bertz CT molecular complexity index is 1490. The number of pyridine rings is 1. The topological polar surface area (TPSA) is 131 Å². The smallest absolute Gasteiger partial charge is 0.354 e. The first-order valence-electron chi connectivity index (χ1n) is 10.7. The van der Waals surface area contributed by atoms with E-state index in [4.69, 9.17) is 16.7 Å². The van der Waals surface area contributed by atoms with Gasteiger partial charge in [-0.15, -0.1) is 0 Å². The van der Waals surface area contributed by atoms with Crippen molar-refractivity contribution in [3.8, 4) is 0 Å². The minimum atomic E-state index is -4.80. The summed E-state index contributed by atoms with van der Waals surface area (Å²) in [5.41, 5.74) is -1.99. The number of halogens is 6. The Balaban J connectivity index is 1.82. The number of fused-ring (bicyclic) bond motifs is 1. The molecule has 0 unspecified atom stereocenters. The van der Waals surface area contributed by atoms with Crippen LogP contribution in [0.4, 0.5) is 33.5 Å². The maximum absolute atomic E-state index is 14.0. The van der Waals surface area contributed by atoms with E-state index < -0.39 is 56.5 Å². The molecule has 0 saturated carbocycles. The molecule has 0 spiro atoms. The van der Waals surface area contributed by atoms with E-state index in [-0.39, 0.29) is 47.7 Å². The fourth-order valence-electron chi connectivity index (χ4n) is 3.77. The van der Waals surface area contributed by atoms with E-state index in [0.29, 0.717) is 6.07 Å². The average Bonchev–Trinajstić information content (AvgIpc) is 2.97. The number of anilines is 2. The third-order valence-corrected chi connectivity index (χ3v) is 6.68. The van der Waals surface area contributed by atoms with Gasteiger partial charge in [-0.1, -0.05) is 11.6 Å². The molecule has 1 amide bonds. The number of sulfonamides is 1. The SMILES string of the molecule is NS(=O)(=O)c1cc(NC(=O)c2nc3cc(Cl)c(C(F)(F)F)cc3nc2N2CCCC(F)(F)CC2)ccn1. The maximum Gasteiger partial charge on any atom is 0.417 e. The summed E-state index contributed by atoms with van der Waals surface area (Å²) in [6.07, 6.45) is -4.66. The monoisotopic (exact) mass is 564 g/mol. The summed E-state index contributed by atoms with van der Waals surface area (Å²) in [5.74, 6) is -4.10. The first kappa shape index (κ1) is 26.9. The molecule has 1 fully saturated rings. The number of primary sulfonamides is 1. The highest BCUT2D eigenvalue weighted by Gasteiger charge is 2.36. The van der Waals surface area contributed by atoms with Gasteiger partial charge in [0.15, 0.2) is 16.5 Å². The normalized spacial score (nSPS) is 16.5. The molecule has 37 heavy (non-hydrogen) atoms. The second kappa shape index (κ2) is 9.61. The fraction of sp³-hybridized carbons (Fsp3) is 0.333. The van der Waals surface area contributed by atoms with Gasteiger partial charge in [0.25, 0.3) is 15.9 Å². The van der Waals surface area contributed by atoms with E-state index in [1.807, 2.05) is 0 Å². The molecule has 3 N–H and O–H groups in total. The van der Waals surface area contributed by atoms with Crippen LogP contribution in [0.25, 0.3) is 11.0 Å². The predicted molar refractivity (Wildman–Crippen MR) is 124 cm³/mol. The lowest BCUT2D eigenvalue weighted by Crippen LogP contribution is -2.30. The van der Waals surface area contributed by atoms with Crippen molar-refractivity contribution in [2.24, 2.45) is 5.14 Å². The number of benzene rings is 1. The number of nitrogens with two attached hydrogens (primary N) is 1. The number of hydrogen-bond donors (Lipinski definition) is 2. The number of nitrogens with one attached hydrogen (secondary N) is 1. The lowest BCUT2D eigenvalue weighted by molar-refractivity contribution is -0.137. The zero-order valence-corrected chi connectivity index (χ0v) is 20.3. The minimum absolute atomic E-state index is 0.0320. The maximum atomic E-state index is 14.0. The molecular formula is C21H18ClF5N6O3S. The summed E-state index contributed by atoms with van der Waals surface area (Å²) in [7, 11) is -4.19. The van der Waals surface area contributed by atoms with Crippen molar-refractivity contribution in [2.45, 2.75) is 36.4 Å². The highest BCUT2D eigenvalue weighted by Crippen LogP contribution is 2.37. The molecule has 1 aliphatic heterocycles. The Morgan fingerprint density at radius 3 is 2.49 bits per heavy atom. The third-order valence-electron chi connectivity index (χ3n) is 5.56. The van der Waals surface area contributed by atoms with Crippen LogP contribution in [0.3, 0.4) is 0 Å². The zero-order valence-electron chi connectivity index (χ0n) is 18.7. The zero-order chi connectivity index (χ0) is 27.2. The predicted octanol–water partition coefficient (Wildman–Crippen LogP) is 4.22. The van der Waals surface area contributed by atoms with Crippen LogP contribution < -0.4 is 15.4 Å². The van der Waals surface area contributed by atoms with Crippen molar-refractivity contribution in [1.29, 1.82) is 0 Å². The summed E-state index contributed by atoms with van der Waals surface area (Å²) < 4.78 is 91.3. The molecule has 4 rings (SSSR count). The lowest BCUT2D eigenvalue weighted by atomic mass is 10.1. The van der Waals surface area contributed by atoms with Gasteiger partial charge in [-0.05, 0) is 24.6 Å². The van der Waals surface area contributed by atoms with Gasteiger partial charge >= 0.3 is 6.18 Å². The standard InChI is InChI=1S/C21H18ClF5N6O3S/c22-13-10-15-14(9-12(13)21(25,26)27)32-18(33-6-1-3-20(23,24)4-7-33)17(31-15)19(34)30-11-2-5-29-16(8-11)37(28,35)36/h2,5,8-10H,1,3-4,6-7H2,(H2,28,35,36)(H,29,30,34). The number of carbonyl (C=O) groups excluding carboxylic acids is 1. The van der Waals surface area contributed by atoms with Gasteiger partial charge in [0.1, 0.15) is 0 Å². The Labute approximate surface area is 211 Å². The van der Waals surface area contributed by atoms with E-state index >= 15 is 0 Å². The molecule has 3 aromatic rings. The Morgan fingerprint density at radius 1 is 1.11 bits per heavy atom. The van der Waals surface area contributed by atoms with Crippen molar-refractivity contribution < 1.29 is 35.2 Å². The Morgan fingerprint density at radius 2 is 1.81 bits per heavy atom. The summed E-state index contributed by atoms with van der Waals surface area (Å²) >= 11 is 5.79. The average molecular weight is 565 g/mol. The highest BCUT2D eigenvalue weighted by atomic mass is 35.5. The molecule has 3 heterocycles. The van der Waals surface area contributed by atoms with Gasteiger partial charge in [-0.2, -0.15) is 13.2 Å². The number of amides is 1. The van der Waals surface area contributed by atoms with Crippen LogP contribution >= 0.6 is 11.6 Å². The molecule has 1 saturated heterocycles. The van der Waals surface area contributed by atoms with Gasteiger partial charge < -0.3 is 10.2 Å². The van der Waals surface area contributed by atoms with Crippen molar-refractivity contribution in [1.82, 2.24) is 15.0 Å². The summed E-state index contributed by atoms with van der Waals surface area (Å²) in [5, 5.41) is 6.26. The first-order valence-corrected chi connectivity index (χ1v) is 12.6. The van der Waals surface area contributed by atoms with Crippen LogP contribution in [0, 0.1) is 0 Å². The molecule has 0 atom stereocenters. The van der Waals surface area contributed by atoms with Crippen LogP contribution in [-0.2, 0) is 16.2 Å². The van der Waals surface area contributed by atoms with Crippen molar-refractivity contribution >= 4 is 50.1 Å². The molecule has 9 nitrogen and oxygen atoms in total. The van der Waals surface area contributed by atoms with Crippen LogP contribution in [0.2, 0.25) is 5.02 Å². The van der Waals surface area contributed by atoms with Gasteiger partial charge in [0, 0.05) is 43.9 Å². The molecule has 16 heteroatoms. The summed E-state index contributed by atoms with van der Waals surface area (Å²) in [6.45, 7) is -0.196. The second-order valence-corrected chi connectivity index (χ2v) is 10.2. The Hall–Kier alpha value is -3.17. The van der Waals surface area contributed by atoms with Gasteiger partial charge in [-0.3, -0.25) is 4.79 Å². The van der Waals surface area contributed by atoms with Crippen LogP contribution in [0.1, 0.15) is 35.3 Å². The minimum Gasteiger partial charge on any atom is -0.354 e. The van der Waals surface area contributed by atoms with Crippen LogP contribution in [-0.4, -0.2) is 48.3 Å². The second-order valence-electron chi connectivity index (χ2n) is 8.29. The number of rotatable bonds is 4. The molecule has 198 valence electrons. The molecule has 0 radical (unpaired) electrons. The number of nitrogens with zero attached hydrogens (tertiary/aromatic N) is 4. The van der Waals surface area contributed by atoms with Gasteiger partial charge in [-0.25, -0.2) is 37.3 Å². The van der Waals surface area contributed by atoms with Crippen molar-refractivity contribution in [3.63, 3.8) is 0 Å². The lowest BCUT2D eigenvalue weighted by Gasteiger charge is -2.24. The largest absolute Gasteiger partial charge is 0.417 e. The van der Waals surface area contributed by atoms with E-state index in [2.05, 4.69) is 20.3 Å². The van der Waals surface area contributed by atoms with Crippen molar-refractivity contribution in [3.05, 3.63) is 46.7 Å². The summed E-state index contributed by atoms with van der Waals surface area (Å²) in [6, 6.07) is 3.82. The molecule has 0 aliphatic carbocycles. The van der Waals surface area contributed by atoms with Crippen LogP contribution in [0.5, 0.6) is 0 Å². The quantitative estimate of drug-likeness (QED) is 0.454. The molecule has 1 aliphatic rings. The van der Waals surface area contributed by atoms with E-state index in [9.17, 15) is 35.2 Å².